The van der Waals surface area contributed by atoms with Crippen LogP contribution in [0.4, 0.5) is 28.2 Å². The number of alkyl halides is 4. The Morgan fingerprint density at radius 3 is 2.58 bits per heavy atom. The van der Waals surface area contributed by atoms with E-state index in [1.807, 2.05) is 5.32 Å². The van der Waals surface area contributed by atoms with Gasteiger partial charge in [0.1, 0.15) is 16.7 Å². The summed E-state index contributed by atoms with van der Waals surface area (Å²) in [6.45, 7) is 0. The second-order valence-corrected chi connectivity index (χ2v) is 6.05. The number of nitriles is 1. The average Bonchev–Trinajstić information content (AvgIpc) is 2.99. The van der Waals surface area contributed by atoms with Gasteiger partial charge < -0.3 is 5.32 Å². The van der Waals surface area contributed by atoms with Gasteiger partial charge in [-0.2, -0.15) is 23.5 Å². The number of anilines is 1. The van der Waals surface area contributed by atoms with E-state index in [1.165, 1.54) is 18.2 Å². The summed E-state index contributed by atoms with van der Waals surface area (Å²) in [7, 11) is 1.07. The smallest absolute Gasteiger partial charge is 0.341 e. The van der Waals surface area contributed by atoms with Gasteiger partial charge in [0.2, 0.25) is 0 Å². The van der Waals surface area contributed by atoms with Crippen molar-refractivity contribution in [3.8, 4) is 11.8 Å². The Morgan fingerprint density at radius 2 is 2.04 bits per heavy atom. The average molecular weight is 385 g/mol. The van der Waals surface area contributed by atoms with Crippen LogP contribution in [0.15, 0.2) is 29.3 Å². The fourth-order valence-corrected chi connectivity index (χ4v) is 3.34. The van der Waals surface area contributed by atoms with Crippen molar-refractivity contribution < 1.29 is 22.4 Å². The zero-order valence-electron chi connectivity index (χ0n) is 13.4. The molecule has 1 aliphatic rings. The maximum atomic E-state index is 15.7. The summed E-state index contributed by atoms with van der Waals surface area (Å²) in [5.74, 6) is -4.74. The topological polar surface area (TPSA) is 74.0 Å². The summed E-state index contributed by atoms with van der Waals surface area (Å²) in [6, 6.07) is 5.20. The van der Waals surface area contributed by atoms with Gasteiger partial charge in [-0.3, -0.25) is 0 Å². The molecule has 2 aromatic rings. The number of para-hydroxylation sites is 1. The normalized spacial score (nSPS) is 18.7. The molecule has 26 heavy (non-hydrogen) atoms. The highest BCUT2D eigenvalue weighted by molar-refractivity contribution is 7.98. The van der Waals surface area contributed by atoms with E-state index in [4.69, 9.17) is 0 Å². The van der Waals surface area contributed by atoms with Crippen LogP contribution >= 0.6 is 11.8 Å². The summed E-state index contributed by atoms with van der Waals surface area (Å²) < 4.78 is 58.2. The van der Waals surface area contributed by atoms with E-state index in [9.17, 15) is 23.2 Å². The molecule has 11 heteroatoms. The minimum Gasteiger partial charge on any atom is -0.341 e. The molecule has 2 amide bonds. The first-order chi connectivity index (χ1) is 12.2. The predicted octanol–water partition coefficient (Wildman–Crippen LogP) is 3.31. The van der Waals surface area contributed by atoms with Crippen LogP contribution < -0.4 is 10.2 Å². The molecule has 2 heterocycles. The second kappa shape index (κ2) is 5.91. The van der Waals surface area contributed by atoms with Gasteiger partial charge in [-0.25, -0.2) is 18.8 Å². The molecule has 1 aromatic carbocycles. The van der Waals surface area contributed by atoms with Crippen LogP contribution in [-0.4, -0.2) is 35.3 Å². The summed E-state index contributed by atoms with van der Waals surface area (Å²) in [5, 5.41) is 15.6. The molecule has 0 saturated heterocycles. The highest BCUT2D eigenvalue weighted by atomic mass is 32.2. The molecule has 1 aliphatic heterocycles. The summed E-state index contributed by atoms with van der Waals surface area (Å²) in [5.41, 5.74) is -1.30. The van der Waals surface area contributed by atoms with Gasteiger partial charge in [0.25, 0.3) is 0 Å². The molecule has 3 rings (SSSR count). The van der Waals surface area contributed by atoms with Crippen LogP contribution in [0.3, 0.4) is 0 Å². The van der Waals surface area contributed by atoms with Gasteiger partial charge in [-0.15, -0.1) is 11.8 Å². The first-order valence-corrected chi connectivity index (χ1v) is 8.39. The SMILES string of the molecule is CNC(=O)N1c2c(C#N)c(SC)nn2-c2ccccc2C1(F)C(F)(F)F. The molecule has 1 unspecified atom stereocenters. The van der Waals surface area contributed by atoms with E-state index < -0.39 is 29.4 Å². The number of hydrogen-bond acceptors (Lipinski definition) is 4. The molecule has 0 saturated carbocycles. The van der Waals surface area contributed by atoms with Gasteiger partial charge in [0, 0.05) is 12.6 Å². The monoisotopic (exact) mass is 385 g/mol. The van der Waals surface area contributed by atoms with Crippen molar-refractivity contribution in [1.82, 2.24) is 15.1 Å². The van der Waals surface area contributed by atoms with Crippen LogP contribution in [0, 0.1) is 11.3 Å². The quantitative estimate of drug-likeness (QED) is 0.464. The van der Waals surface area contributed by atoms with Crippen LogP contribution in [-0.2, 0) is 5.79 Å². The number of nitrogens with zero attached hydrogens (tertiary/aromatic N) is 4. The minimum absolute atomic E-state index is 0.0811. The van der Waals surface area contributed by atoms with Crippen molar-refractivity contribution in [2.45, 2.75) is 17.0 Å². The van der Waals surface area contributed by atoms with E-state index in [2.05, 4.69) is 5.10 Å². The molecular formula is C15H11F4N5OS. The number of hydrogen-bond donors (Lipinski definition) is 1. The van der Waals surface area contributed by atoms with Gasteiger partial charge in [0.05, 0.1) is 5.69 Å². The Kier molecular flexibility index (Phi) is 4.11. The van der Waals surface area contributed by atoms with Gasteiger partial charge in [-0.1, -0.05) is 18.2 Å². The number of carbonyl (C=O) groups excluding carboxylic acids is 1. The maximum absolute atomic E-state index is 15.7. The third kappa shape index (κ3) is 2.18. The summed E-state index contributed by atoms with van der Waals surface area (Å²) >= 11 is 1.00. The molecule has 0 fully saturated rings. The minimum atomic E-state index is -5.46. The number of urea groups is 1. The van der Waals surface area contributed by atoms with Crippen LogP contribution in [0.5, 0.6) is 0 Å². The van der Waals surface area contributed by atoms with Crippen molar-refractivity contribution in [3.05, 3.63) is 35.4 Å². The largest absolute Gasteiger partial charge is 0.447 e. The lowest BCUT2D eigenvalue weighted by Gasteiger charge is -2.42. The lowest BCUT2D eigenvalue weighted by atomic mass is 9.97. The van der Waals surface area contributed by atoms with Crippen molar-refractivity contribution >= 4 is 23.6 Å². The molecule has 0 spiro atoms. The Morgan fingerprint density at radius 1 is 1.38 bits per heavy atom. The summed E-state index contributed by atoms with van der Waals surface area (Å²) in [4.78, 5) is 12.2. The number of halogens is 4. The highest BCUT2D eigenvalue weighted by Crippen LogP contribution is 2.53. The summed E-state index contributed by atoms with van der Waals surface area (Å²) in [6.07, 6.45) is -3.89. The maximum Gasteiger partial charge on any atom is 0.447 e. The first-order valence-electron chi connectivity index (χ1n) is 7.17. The Labute approximate surface area is 149 Å². The van der Waals surface area contributed by atoms with Crippen molar-refractivity contribution in [1.29, 1.82) is 5.26 Å². The van der Waals surface area contributed by atoms with Crippen molar-refractivity contribution in [3.63, 3.8) is 0 Å². The number of thioether (sulfide) groups is 1. The Bertz CT molecular complexity index is 935. The van der Waals surface area contributed by atoms with Gasteiger partial charge in [-0.05, 0) is 12.3 Å². The van der Waals surface area contributed by atoms with E-state index in [0.717, 1.165) is 29.6 Å². The third-order valence-corrected chi connectivity index (χ3v) is 4.61. The fourth-order valence-electron chi connectivity index (χ4n) is 2.84. The molecule has 1 N–H and O–H groups in total. The van der Waals surface area contributed by atoms with Crippen LogP contribution in [0.1, 0.15) is 11.1 Å². The number of rotatable bonds is 1. The number of nitrogens with one attached hydrogen (secondary N) is 1. The zero-order valence-corrected chi connectivity index (χ0v) is 14.2. The predicted molar refractivity (Wildman–Crippen MR) is 85.8 cm³/mol. The lowest BCUT2D eigenvalue weighted by molar-refractivity contribution is -0.233. The van der Waals surface area contributed by atoms with E-state index in [-0.39, 0.29) is 21.2 Å². The molecule has 136 valence electrons. The third-order valence-electron chi connectivity index (χ3n) is 3.94. The number of benzene rings is 1. The highest BCUT2D eigenvalue weighted by Gasteiger charge is 2.67. The molecule has 6 nitrogen and oxygen atoms in total. The number of carbonyl (C=O) groups is 1. The van der Waals surface area contributed by atoms with E-state index >= 15 is 4.39 Å². The van der Waals surface area contributed by atoms with Crippen LogP contribution in [0.25, 0.3) is 5.69 Å². The van der Waals surface area contributed by atoms with Crippen molar-refractivity contribution in [2.75, 3.05) is 18.2 Å². The molecule has 0 aliphatic carbocycles. The van der Waals surface area contributed by atoms with E-state index in [1.54, 1.807) is 12.3 Å². The Hall–Kier alpha value is -2.74. The molecule has 1 atom stereocenters. The molecule has 0 bridgehead atoms. The molecular weight excluding hydrogens is 374 g/mol. The molecule has 1 aromatic heterocycles. The number of aromatic nitrogens is 2. The lowest BCUT2D eigenvalue weighted by Crippen LogP contribution is -2.60. The Balaban J connectivity index is 2.50. The fraction of sp³-hybridized carbons (Fsp3) is 0.267. The standard InChI is InChI=1S/C15H11F4N5OS/c1-21-13(25)23-12-8(7-20)11(26-2)22-24(12)10-6-4-3-5-9(10)14(23,16)15(17,18)19/h3-6H,1-2H3,(H,21,25). The van der Waals surface area contributed by atoms with Gasteiger partial charge >= 0.3 is 18.0 Å². The first kappa shape index (κ1) is 18.1. The number of fused-ring (bicyclic) bond motifs is 3. The zero-order chi connectivity index (χ0) is 19.3. The number of amides is 2. The van der Waals surface area contributed by atoms with Gasteiger partial charge in [0.15, 0.2) is 5.82 Å². The molecule has 0 radical (unpaired) electrons. The second-order valence-electron chi connectivity index (χ2n) is 5.26. The van der Waals surface area contributed by atoms with Crippen LogP contribution in [0.2, 0.25) is 0 Å². The van der Waals surface area contributed by atoms with E-state index in [0.29, 0.717) is 0 Å². The van der Waals surface area contributed by atoms with Crippen molar-refractivity contribution in [2.24, 2.45) is 0 Å².